The molecule has 112 valence electrons. The fourth-order valence-electron chi connectivity index (χ4n) is 0.581. The molecule has 0 bridgehead atoms. The molecule has 1 N–H and O–H groups in total. The van der Waals surface area contributed by atoms with Gasteiger partial charge in [-0.25, -0.2) is 12.2 Å². The molecule has 1 aromatic heterocycles. The van der Waals surface area contributed by atoms with Crippen LogP contribution in [-0.2, 0) is 21.7 Å². The van der Waals surface area contributed by atoms with Gasteiger partial charge >= 0.3 is 0 Å². The molecule has 0 saturated heterocycles. The van der Waals surface area contributed by atoms with E-state index in [0.717, 1.165) is 6.42 Å². The Morgan fingerprint density at radius 2 is 1.44 bits per heavy atom. The summed E-state index contributed by atoms with van der Waals surface area (Å²) in [5, 5.41) is 0. The third kappa shape index (κ3) is 36.1. The summed E-state index contributed by atoms with van der Waals surface area (Å²) in [6, 6.07) is 3.71. The Bertz CT molecular complexity index is 174. The van der Waals surface area contributed by atoms with Crippen LogP contribution in [0.15, 0.2) is 36.6 Å². The summed E-state index contributed by atoms with van der Waals surface area (Å²) in [6.45, 7) is 0. The fraction of sp³-hybridized carbons (Fsp3) is 0.0625. The Morgan fingerprint density at radius 1 is 0.889 bits per heavy atom. The molecule has 0 fully saturated rings. The number of rotatable bonds is 0. The Kier molecular flexibility index (Phi) is 129. The first-order valence-electron chi connectivity index (χ1n) is 3.21. The predicted octanol–water partition coefficient (Wildman–Crippen LogP) is 5.27. The normalized spacial score (nSPS) is 7.11. The zero-order valence-electron chi connectivity index (χ0n) is 13.2. The Morgan fingerprint density at radius 3 is 1.56 bits per heavy atom. The van der Waals surface area contributed by atoms with Gasteiger partial charge in [0.15, 0.2) is 0 Å². The van der Waals surface area contributed by atoms with E-state index in [1.54, 1.807) is 0 Å². The molecule has 0 radical (unpaired) electrons. The first-order valence-corrected chi connectivity index (χ1v) is 3.21. The molecule has 0 unspecified atom stereocenters. The van der Waals surface area contributed by atoms with Crippen LogP contribution in [0.3, 0.4) is 0 Å². The minimum Gasteiger partial charge on any atom is -0.484 e. The van der Waals surface area contributed by atoms with Crippen LogP contribution in [0, 0.1) is 64.3 Å². The van der Waals surface area contributed by atoms with Crippen LogP contribution in [0.25, 0.3) is 0 Å². The van der Waals surface area contributed by atoms with Crippen molar-refractivity contribution < 1.29 is 21.7 Å². The van der Waals surface area contributed by atoms with Crippen LogP contribution >= 0.6 is 0 Å². The zero-order chi connectivity index (χ0) is 7.07. The maximum atomic E-state index is 2.99. The molecule has 0 atom stereocenters. The molecule has 0 amide bonds. The molecule has 1 aliphatic carbocycles. The van der Waals surface area contributed by atoms with Crippen molar-refractivity contribution in [2.75, 3.05) is 0 Å². The van der Waals surface area contributed by atoms with E-state index in [1.807, 2.05) is 30.5 Å². The number of H-pyrrole nitrogens is 1. The number of nitrogens with one attached hydrogen (secondary N) is 1. The van der Waals surface area contributed by atoms with E-state index in [0.29, 0.717) is 0 Å². The van der Waals surface area contributed by atoms with E-state index in [1.165, 1.54) is 0 Å². The minimum atomic E-state index is 0. The summed E-state index contributed by atoms with van der Waals surface area (Å²) < 4.78 is 0. The molecule has 0 aromatic carbocycles. The maximum absolute atomic E-state index is 2.99. The zero-order valence-corrected chi connectivity index (χ0v) is 14.7. The second-order valence-electron chi connectivity index (χ2n) is 1.82. The molecule has 2 heteroatoms. The SMILES string of the molecule is [C-]1=CC=CC1.[CH3-].[CH3-].[CH3-].[CH3-].[CH3-].[CH3-].[CH3-].[Ti].[c-]1ccc[nH]1. The van der Waals surface area contributed by atoms with Crippen LogP contribution in [0.5, 0.6) is 0 Å². The second-order valence-corrected chi connectivity index (χ2v) is 1.82. The van der Waals surface area contributed by atoms with E-state index in [4.69, 9.17) is 0 Å². The minimum absolute atomic E-state index is 0. The van der Waals surface area contributed by atoms with Crippen molar-refractivity contribution in [1.82, 2.24) is 4.98 Å². The van der Waals surface area contributed by atoms with E-state index >= 15 is 0 Å². The van der Waals surface area contributed by atoms with Gasteiger partial charge in [-0.1, -0.05) is 0 Å². The second kappa shape index (κ2) is 43.9. The first kappa shape index (κ1) is 52.8. The molecule has 1 heterocycles. The molecular formula is C16H30NTi-9. The van der Waals surface area contributed by atoms with E-state index in [2.05, 4.69) is 23.3 Å². The summed E-state index contributed by atoms with van der Waals surface area (Å²) >= 11 is 0. The van der Waals surface area contributed by atoms with Crippen molar-refractivity contribution in [3.63, 3.8) is 0 Å². The molecule has 1 aromatic rings. The van der Waals surface area contributed by atoms with Gasteiger partial charge in [0.2, 0.25) is 0 Å². The average molecular weight is 284 g/mol. The quantitative estimate of drug-likeness (QED) is 0.493. The number of aromatic amines is 1. The predicted molar refractivity (Wildman–Crippen MR) is 86.1 cm³/mol. The van der Waals surface area contributed by atoms with Crippen molar-refractivity contribution in [3.8, 4) is 0 Å². The number of hydrogen-bond donors (Lipinski definition) is 1. The molecule has 1 aliphatic rings. The van der Waals surface area contributed by atoms with Crippen molar-refractivity contribution in [3.05, 3.63) is 101 Å². The van der Waals surface area contributed by atoms with Crippen LogP contribution in [0.2, 0.25) is 0 Å². The van der Waals surface area contributed by atoms with E-state index in [9.17, 15) is 0 Å². The van der Waals surface area contributed by atoms with Gasteiger partial charge in [-0.05, 0) is 0 Å². The summed E-state index contributed by atoms with van der Waals surface area (Å²) in [6.07, 6.45) is 14.6. The van der Waals surface area contributed by atoms with Gasteiger partial charge in [0.05, 0.1) is 0 Å². The molecular weight excluding hydrogens is 254 g/mol. The van der Waals surface area contributed by atoms with Crippen LogP contribution in [0.1, 0.15) is 6.42 Å². The summed E-state index contributed by atoms with van der Waals surface area (Å²) in [5.74, 6) is 0. The van der Waals surface area contributed by atoms with Crippen molar-refractivity contribution in [2.45, 2.75) is 6.42 Å². The van der Waals surface area contributed by atoms with Gasteiger partial charge in [-0.2, -0.15) is 24.4 Å². The Balaban J connectivity index is -0.0000000128. The van der Waals surface area contributed by atoms with Gasteiger partial charge in [0.25, 0.3) is 0 Å². The topological polar surface area (TPSA) is 15.8 Å². The van der Waals surface area contributed by atoms with Crippen molar-refractivity contribution in [2.24, 2.45) is 0 Å². The molecule has 18 heavy (non-hydrogen) atoms. The van der Waals surface area contributed by atoms with Gasteiger partial charge < -0.3 is 57.0 Å². The fourth-order valence-corrected chi connectivity index (χ4v) is 0.581. The van der Waals surface area contributed by atoms with E-state index in [-0.39, 0.29) is 73.7 Å². The van der Waals surface area contributed by atoms with Gasteiger partial charge in [-0.3, -0.25) is 6.08 Å². The summed E-state index contributed by atoms with van der Waals surface area (Å²) in [4.78, 5) is 2.74. The third-order valence-electron chi connectivity index (χ3n) is 1.03. The molecule has 0 spiro atoms. The maximum Gasteiger partial charge on any atom is 0 e. The Labute approximate surface area is 134 Å². The average Bonchev–Trinajstić information content (AvgIpc) is 2.67. The molecule has 2 rings (SSSR count). The van der Waals surface area contributed by atoms with Gasteiger partial charge in [0.1, 0.15) is 0 Å². The third-order valence-corrected chi connectivity index (χ3v) is 1.03. The van der Waals surface area contributed by atoms with Crippen LogP contribution in [-0.4, -0.2) is 4.98 Å². The number of aromatic nitrogens is 1. The van der Waals surface area contributed by atoms with Crippen LogP contribution in [0.4, 0.5) is 0 Å². The van der Waals surface area contributed by atoms with Crippen LogP contribution < -0.4 is 0 Å². The molecule has 1 nitrogen and oxygen atoms in total. The Hall–Kier alpha value is -0.526. The largest absolute Gasteiger partial charge is 0.484 e. The summed E-state index contributed by atoms with van der Waals surface area (Å²) in [7, 11) is 0. The summed E-state index contributed by atoms with van der Waals surface area (Å²) in [5.41, 5.74) is 0. The number of allylic oxidation sites excluding steroid dienone is 4. The van der Waals surface area contributed by atoms with Crippen molar-refractivity contribution >= 4 is 0 Å². The van der Waals surface area contributed by atoms with Gasteiger partial charge in [0, 0.05) is 21.7 Å². The van der Waals surface area contributed by atoms with Gasteiger partial charge in [-0.15, -0.1) is 12.6 Å². The van der Waals surface area contributed by atoms with E-state index < -0.39 is 0 Å². The molecule has 0 aliphatic heterocycles. The van der Waals surface area contributed by atoms with Crippen molar-refractivity contribution in [1.29, 1.82) is 0 Å². The first-order chi connectivity index (χ1) is 5.00. The standard InChI is InChI=1S/C5H5.C4H4N.7CH3.Ti/c2*1-2-4-5-3-1;;;;;;;;/h1-3H,4H2;1-3,5H;7*1H3;/q9*-1;. The monoisotopic (exact) mass is 284 g/mol. The number of hydrogen-bond acceptors (Lipinski definition) is 0. The molecule has 0 saturated carbocycles. The smallest absolute Gasteiger partial charge is 0 e.